The van der Waals surface area contributed by atoms with E-state index in [-0.39, 0.29) is 11.8 Å². The van der Waals surface area contributed by atoms with E-state index in [9.17, 15) is 5.26 Å². The molecule has 0 amide bonds. The summed E-state index contributed by atoms with van der Waals surface area (Å²) in [5.41, 5.74) is 10.7. The fourth-order valence-electron chi connectivity index (χ4n) is 4.25. The molecule has 5 rings (SSSR count). The molecule has 0 fully saturated rings. The van der Waals surface area contributed by atoms with E-state index in [1.54, 1.807) is 7.11 Å². The molecular formula is C27H20N2O2. The van der Waals surface area contributed by atoms with Crippen molar-refractivity contribution >= 4 is 16.8 Å². The van der Waals surface area contributed by atoms with Gasteiger partial charge in [0.05, 0.1) is 13.0 Å². The molecule has 31 heavy (non-hydrogen) atoms. The van der Waals surface area contributed by atoms with Crippen LogP contribution < -0.4 is 15.2 Å². The van der Waals surface area contributed by atoms with Crippen molar-refractivity contribution in [3.05, 3.63) is 113 Å². The Morgan fingerprint density at radius 1 is 1.06 bits per heavy atom. The minimum absolute atomic E-state index is 0.162. The predicted octanol–water partition coefficient (Wildman–Crippen LogP) is 5.60. The van der Waals surface area contributed by atoms with Gasteiger partial charge in [-0.15, -0.1) is 0 Å². The van der Waals surface area contributed by atoms with Gasteiger partial charge in [-0.25, -0.2) is 0 Å². The fourth-order valence-corrected chi connectivity index (χ4v) is 4.25. The van der Waals surface area contributed by atoms with Crippen molar-refractivity contribution < 1.29 is 9.47 Å². The number of benzene rings is 3. The largest absolute Gasteiger partial charge is 0.497 e. The van der Waals surface area contributed by atoms with Crippen molar-refractivity contribution in [3.63, 3.8) is 0 Å². The molecule has 3 aromatic rings. The van der Waals surface area contributed by atoms with Crippen molar-refractivity contribution in [2.45, 2.75) is 5.92 Å². The number of rotatable bonds is 3. The third kappa shape index (κ3) is 3.27. The lowest BCUT2D eigenvalue weighted by atomic mass is 9.81. The van der Waals surface area contributed by atoms with Crippen molar-refractivity contribution in [2.75, 3.05) is 7.11 Å². The topological polar surface area (TPSA) is 68.3 Å². The van der Waals surface area contributed by atoms with E-state index in [4.69, 9.17) is 15.2 Å². The minimum Gasteiger partial charge on any atom is -0.497 e. The van der Waals surface area contributed by atoms with E-state index < -0.39 is 0 Å². The molecule has 1 unspecified atom stereocenters. The number of nitrogens with two attached hydrogens (primary N) is 1. The second kappa shape index (κ2) is 7.55. The van der Waals surface area contributed by atoms with Crippen molar-refractivity contribution in [1.82, 2.24) is 0 Å². The molecule has 0 spiro atoms. The van der Waals surface area contributed by atoms with Crippen molar-refractivity contribution in [2.24, 2.45) is 5.73 Å². The van der Waals surface area contributed by atoms with Crippen LogP contribution in [-0.2, 0) is 0 Å². The molecule has 3 aromatic carbocycles. The molecule has 0 saturated heterocycles. The van der Waals surface area contributed by atoms with Gasteiger partial charge in [-0.05, 0) is 51.8 Å². The predicted molar refractivity (Wildman–Crippen MR) is 122 cm³/mol. The van der Waals surface area contributed by atoms with Crippen LogP contribution in [0, 0.1) is 11.3 Å². The van der Waals surface area contributed by atoms with E-state index in [1.807, 2.05) is 48.5 Å². The summed E-state index contributed by atoms with van der Waals surface area (Å²) < 4.78 is 11.2. The average molecular weight is 404 g/mol. The van der Waals surface area contributed by atoms with Gasteiger partial charge >= 0.3 is 0 Å². The Hall–Kier alpha value is -4.23. The highest BCUT2D eigenvalue weighted by Crippen LogP contribution is 2.47. The molecule has 0 radical (unpaired) electrons. The highest BCUT2D eigenvalue weighted by molar-refractivity contribution is 5.90. The highest BCUT2D eigenvalue weighted by atomic mass is 16.5. The summed E-state index contributed by atoms with van der Waals surface area (Å²) in [4.78, 5) is 0. The van der Waals surface area contributed by atoms with Crippen LogP contribution in [0.2, 0.25) is 0 Å². The Kier molecular flexibility index (Phi) is 4.57. The number of hydrogen-bond acceptors (Lipinski definition) is 4. The highest BCUT2D eigenvalue weighted by Gasteiger charge is 2.33. The monoisotopic (exact) mass is 404 g/mol. The third-order valence-electron chi connectivity index (χ3n) is 5.68. The van der Waals surface area contributed by atoms with Gasteiger partial charge in [-0.3, -0.25) is 0 Å². The van der Waals surface area contributed by atoms with Gasteiger partial charge in [0.1, 0.15) is 23.1 Å². The molecule has 2 aliphatic rings. The van der Waals surface area contributed by atoms with Crippen LogP contribution in [0.3, 0.4) is 0 Å². The lowest BCUT2D eigenvalue weighted by molar-refractivity contribution is 0.395. The molecule has 1 atom stereocenters. The van der Waals surface area contributed by atoms with Crippen LogP contribution in [0.5, 0.6) is 11.5 Å². The molecule has 1 heterocycles. The maximum absolute atomic E-state index is 9.90. The number of methoxy groups -OCH3 is 1. The van der Waals surface area contributed by atoms with E-state index in [0.29, 0.717) is 11.3 Å². The zero-order valence-corrected chi connectivity index (χ0v) is 17.0. The molecule has 150 valence electrons. The first kappa shape index (κ1) is 18.8. The van der Waals surface area contributed by atoms with Gasteiger partial charge in [-0.2, -0.15) is 5.26 Å². The number of ether oxygens (including phenoxy) is 2. The zero-order valence-electron chi connectivity index (χ0n) is 17.0. The van der Waals surface area contributed by atoms with E-state index in [1.165, 1.54) is 0 Å². The standard InChI is InChI=1S/C27H20N2O2/c1-30-21-7-4-5-17(15-21)13-18-9-10-20(14-18)25-23(16-28)27(29)31-24-12-11-19-6-2-3-8-22(19)26(24)25/h2-15,25H,29H2,1H3/b18-13+. The Bertz CT molecular complexity index is 1370. The SMILES string of the molecule is COc1cccc(/C=C2\C=CC(C3C(C#N)=C(N)Oc4ccc5ccccc5c43)=C2)c1. The Labute approximate surface area is 180 Å². The summed E-state index contributed by atoms with van der Waals surface area (Å²) in [7, 11) is 1.66. The van der Waals surface area contributed by atoms with Gasteiger partial charge in [0.15, 0.2) is 0 Å². The first-order valence-corrected chi connectivity index (χ1v) is 10.0. The summed E-state index contributed by atoms with van der Waals surface area (Å²) in [6.07, 6.45) is 8.30. The van der Waals surface area contributed by atoms with Crippen LogP contribution in [0.1, 0.15) is 17.0 Å². The average Bonchev–Trinajstić information content (AvgIpc) is 3.26. The molecule has 0 saturated carbocycles. The number of allylic oxidation sites excluding steroid dienone is 6. The summed E-state index contributed by atoms with van der Waals surface area (Å²) in [5.74, 6) is 1.38. The number of fused-ring (bicyclic) bond motifs is 3. The van der Waals surface area contributed by atoms with Gasteiger partial charge in [0.25, 0.3) is 0 Å². The van der Waals surface area contributed by atoms with Gasteiger partial charge < -0.3 is 15.2 Å². The number of nitriles is 1. The molecule has 2 N–H and O–H groups in total. The molecule has 1 aliphatic heterocycles. The smallest absolute Gasteiger partial charge is 0.205 e. The Balaban J connectivity index is 1.64. The lowest BCUT2D eigenvalue weighted by Gasteiger charge is -2.27. The van der Waals surface area contributed by atoms with Gasteiger partial charge in [0.2, 0.25) is 5.88 Å². The van der Waals surface area contributed by atoms with E-state index in [2.05, 4.69) is 42.5 Å². The molecule has 4 heteroatoms. The Morgan fingerprint density at radius 2 is 1.94 bits per heavy atom. The molecule has 0 bridgehead atoms. The summed E-state index contributed by atoms with van der Waals surface area (Å²) >= 11 is 0. The zero-order chi connectivity index (χ0) is 21.4. The minimum atomic E-state index is -0.285. The van der Waals surface area contributed by atoms with Crippen LogP contribution >= 0.6 is 0 Å². The van der Waals surface area contributed by atoms with E-state index in [0.717, 1.165) is 38.8 Å². The second-order valence-electron chi connectivity index (χ2n) is 7.52. The summed E-state index contributed by atoms with van der Waals surface area (Å²) in [5, 5.41) is 12.1. The van der Waals surface area contributed by atoms with Crippen LogP contribution in [0.4, 0.5) is 0 Å². The maximum atomic E-state index is 9.90. The fraction of sp³-hybridized carbons (Fsp3) is 0.0741. The first-order valence-electron chi connectivity index (χ1n) is 10.0. The van der Waals surface area contributed by atoms with E-state index >= 15 is 0 Å². The molecule has 1 aliphatic carbocycles. The van der Waals surface area contributed by atoms with Crippen molar-refractivity contribution in [1.29, 1.82) is 5.26 Å². The summed E-state index contributed by atoms with van der Waals surface area (Å²) in [6.45, 7) is 0. The van der Waals surface area contributed by atoms with Crippen LogP contribution in [0.15, 0.2) is 101 Å². The number of hydrogen-bond donors (Lipinski definition) is 1. The second-order valence-corrected chi connectivity index (χ2v) is 7.52. The first-order chi connectivity index (χ1) is 15.2. The molecular weight excluding hydrogens is 384 g/mol. The van der Waals surface area contributed by atoms with Gasteiger partial charge in [-0.1, -0.05) is 60.7 Å². The van der Waals surface area contributed by atoms with Crippen molar-refractivity contribution in [3.8, 4) is 17.6 Å². The third-order valence-corrected chi connectivity index (χ3v) is 5.68. The lowest BCUT2D eigenvalue weighted by Crippen LogP contribution is -2.21. The number of nitrogens with zero attached hydrogens (tertiary/aromatic N) is 1. The Morgan fingerprint density at radius 3 is 2.77 bits per heavy atom. The summed E-state index contributed by atoms with van der Waals surface area (Å²) in [6, 6.07) is 22.3. The van der Waals surface area contributed by atoms with Gasteiger partial charge in [0, 0.05) is 5.56 Å². The normalized spacial score (nSPS) is 18.5. The quantitative estimate of drug-likeness (QED) is 0.617. The van der Waals surface area contributed by atoms with Crippen LogP contribution in [0.25, 0.3) is 16.8 Å². The molecule has 0 aromatic heterocycles. The maximum Gasteiger partial charge on any atom is 0.205 e. The van der Waals surface area contributed by atoms with Crippen LogP contribution in [-0.4, -0.2) is 7.11 Å². The molecule has 4 nitrogen and oxygen atoms in total.